The maximum Gasteiger partial charge on any atom is 0.306 e. The molecule has 6 nitrogen and oxygen atoms in total. The predicted octanol–water partition coefficient (Wildman–Crippen LogP) is 25.9. The van der Waals surface area contributed by atoms with Gasteiger partial charge in [0.1, 0.15) is 13.2 Å². The van der Waals surface area contributed by atoms with E-state index in [-0.39, 0.29) is 31.1 Å². The molecule has 6 heteroatoms. The zero-order chi connectivity index (χ0) is 59.9. The van der Waals surface area contributed by atoms with E-state index < -0.39 is 6.10 Å². The molecule has 488 valence electrons. The third-order valence-corrected chi connectivity index (χ3v) is 17.1. The van der Waals surface area contributed by atoms with E-state index in [0.717, 1.165) is 64.2 Å². The van der Waals surface area contributed by atoms with Gasteiger partial charge in [0.2, 0.25) is 0 Å². The van der Waals surface area contributed by atoms with E-state index in [0.29, 0.717) is 19.3 Å². The van der Waals surface area contributed by atoms with Gasteiger partial charge in [-0.05, 0) is 77.0 Å². The Labute approximate surface area is 518 Å². The van der Waals surface area contributed by atoms with Crippen molar-refractivity contribution >= 4 is 17.9 Å². The number of carbonyl (C=O) groups excluding carboxylic acids is 3. The zero-order valence-corrected chi connectivity index (χ0v) is 56.2. The van der Waals surface area contributed by atoms with Crippen LogP contribution in [-0.4, -0.2) is 37.2 Å². The van der Waals surface area contributed by atoms with Gasteiger partial charge in [0.25, 0.3) is 0 Å². The van der Waals surface area contributed by atoms with E-state index >= 15 is 0 Å². The fourth-order valence-corrected chi connectivity index (χ4v) is 11.5. The van der Waals surface area contributed by atoms with Gasteiger partial charge in [0.15, 0.2) is 6.10 Å². The van der Waals surface area contributed by atoms with Crippen LogP contribution in [0.5, 0.6) is 0 Å². The number of unbranched alkanes of at least 4 members (excludes halogenated alkanes) is 53. The Morgan fingerprint density at radius 1 is 0.241 bits per heavy atom. The van der Waals surface area contributed by atoms with Crippen molar-refractivity contribution in [2.75, 3.05) is 13.2 Å². The molecule has 0 aromatic heterocycles. The standard InChI is InChI=1S/C77H144O6/c1-4-7-10-13-16-19-22-25-27-29-31-33-34-35-36-37-38-39-40-41-42-44-45-47-49-52-55-58-61-64-67-70-76(79)82-73-74(72-81-75(78)69-66-63-60-57-54-51-24-21-18-15-12-9-6-3)83-77(80)71-68-65-62-59-56-53-50-48-46-43-32-30-28-26-23-20-17-14-11-8-5-2/h22,25,29-32,74H,4-21,23-24,26-28,33-73H2,1-3H3/b25-22-,31-29-,32-30-. The van der Waals surface area contributed by atoms with Crippen LogP contribution in [0, 0.1) is 0 Å². The molecule has 0 fully saturated rings. The van der Waals surface area contributed by atoms with Crippen LogP contribution in [0.3, 0.4) is 0 Å². The van der Waals surface area contributed by atoms with Crippen molar-refractivity contribution < 1.29 is 28.6 Å². The molecule has 0 aliphatic rings. The highest BCUT2D eigenvalue weighted by Gasteiger charge is 2.20. The Morgan fingerprint density at radius 3 is 0.675 bits per heavy atom. The van der Waals surface area contributed by atoms with Crippen molar-refractivity contribution in [1.29, 1.82) is 0 Å². The maximum absolute atomic E-state index is 13.0. The lowest BCUT2D eigenvalue weighted by Gasteiger charge is -2.18. The minimum Gasteiger partial charge on any atom is -0.462 e. The van der Waals surface area contributed by atoms with Crippen molar-refractivity contribution in [3.63, 3.8) is 0 Å². The maximum atomic E-state index is 13.0. The van der Waals surface area contributed by atoms with Crippen LogP contribution in [0.1, 0.15) is 419 Å². The lowest BCUT2D eigenvalue weighted by molar-refractivity contribution is -0.167. The second kappa shape index (κ2) is 72.1. The van der Waals surface area contributed by atoms with Crippen LogP contribution >= 0.6 is 0 Å². The number of ether oxygens (including phenoxy) is 3. The summed E-state index contributed by atoms with van der Waals surface area (Å²) in [4.78, 5) is 38.5. The Kier molecular flexibility index (Phi) is 70.0. The van der Waals surface area contributed by atoms with Crippen molar-refractivity contribution in [2.24, 2.45) is 0 Å². The van der Waals surface area contributed by atoms with Crippen molar-refractivity contribution in [2.45, 2.75) is 425 Å². The molecule has 0 aromatic rings. The van der Waals surface area contributed by atoms with E-state index in [1.807, 2.05) is 0 Å². The first-order valence-electron chi connectivity index (χ1n) is 37.5. The van der Waals surface area contributed by atoms with Gasteiger partial charge < -0.3 is 14.2 Å². The smallest absolute Gasteiger partial charge is 0.306 e. The summed E-state index contributed by atoms with van der Waals surface area (Å²) in [5, 5.41) is 0. The Balaban J connectivity index is 4.16. The molecule has 0 amide bonds. The lowest BCUT2D eigenvalue weighted by atomic mass is 10.0. The summed E-state index contributed by atoms with van der Waals surface area (Å²) in [6.45, 7) is 6.71. The van der Waals surface area contributed by atoms with Crippen LogP contribution in [0.25, 0.3) is 0 Å². The van der Waals surface area contributed by atoms with Crippen LogP contribution in [0.15, 0.2) is 36.5 Å². The van der Waals surface area contributed by atoms with Gasteiger partial charge in [-0.2, -0.15) is 0 Å². The molecule has 0 radical (unpaired) electrons. The van der Waals surface area contributed by atoms with Crippen molar-refractivity contribution in [3.8, 4) is 0 Å². The number of carbonyl (C=O) groups is 3. The largest absolute Gasteiger partial charge is 0.462 e. The highest BCUT2D eigenvalue weighted by molar-refractivity contribution is 5.71. The third kappa shape index (κ3) is 70.3. The molecular weight excluding hydrogens is 1020 g/mol. The molecular formula is C77H144O6. The topological polar surface area (TPSA) is 78.9 Å². The van der Waals surface area contributed by atoms with Crippen LogP contribution in [-0.2, 0) is 28.6 Å². The molecule has 83 heavy (non-hydrogen) atoms. The van der Waals surface area contributed by atoms with Gasteiger partial charge in [0.05, 0.1) is 0 Å². The number of allylic oxidation sites excluding steroid dienone is 6. The van der Waals surface area contributed by atoms with E-state index in [4.69, 9.17) is 14.2 Å². The normalized spacial score (nSPS) is 12.2. The summed E-state index contributed by atoms with van der Waals surface area (Å²) < 4.78 is 17.0. The molecule has 0 aliphatic heterocycles. The Bertz CT molecular complexity index is 1380. The summed E-state index contributed by atoms with van der Waals surface area (Å²) >= 11 is 0. The third-order valence-electron chi connectivity index (χ3n) is 17.1. The minimum absolute atomic E-state index is 0.0663. The summed E-state index contributed by atoms with van der Waals surface area (Å²) in [5.41, 5.74) is 0. The van der Waals surface area contributed by atoms with Crippen molar-refractivity contribution in [3.05, 3.63) is 36.5 Å². The van der Waals surface area contributed by atoms with Crippen molar-refractivity contribution in [1.82, 2.24) is 0 Å². The average Bonchev–Trinajstić information content (AvgIpc) is 3.49. The summed E-state index contributed by atoms with van der Waals surface area (Å²) in [6, 6.07) is 0. The summed E-state index contributed by atoms with van der Waals surface area (Å²) in [5.74, 6) is -0.836. The van der Waals surface area contributed by atoms with E-state index in [9.17, 15) is 14.4 Å². The molecule has 0 saturated carbocycles. The monoisotopic (exact) mass is 1170 g/mol. The van der Waals surface area contributed by atoms with Crippen LogP contribution in [0.4, 0.5) is 0 Å². The van der Waals surface area contributed by atoms with E-state index in [1.165, 1.54) is 315 Å². The van der Waals surface area contributed by atoms with Gasteiger partial charge >= 0.3 is 17.9 Å². The SMILES string of the molecule is CCCCCCC/C=C\C/C=C\CCCCCCCCCCCCCCCCCCCCCC(=O)OCC(COC(=O)CCCCCCCCCCCCCCC)OC(=O)CCCCCCCCCCC/C=C\CCCCCCCCCC. The predicted molar refractivity (Wildman–Crippen MR) is 362 cm³/mol. The first-order chi connectivity index (χ1) is 41.0. The van der Waals surface area contributed by atoms with Gasteiger partial charge in [-0.15, -0.1) is 0 Å². The number of hydrogen-bond acceptors (Lipinski definition) is 6. The second-order valence-electron chi connectivity index (χ2n) is 25.6. The number of esters is 3. The molecule has 0 aliphatic carbocycles. The van der Waals surface area contributed by atoms with E-state index in [1.54, 1.807) is 0 Å². The second-order valence-corrected chi connectivity index (χ2v) is 25.6. The lowest BCUT2D eigenvalue weighted by Crippen LogP contribution is -2.30. The molecule has 0 N–H and O–H groups in total. The molecule has 1 unspecified atom stereocenters. The number of rotatable bonds is 70. The Morgan fingerprint density at radius 2 is 0.434 bits per heavy atom. The van der Waals surface area contributed by atoms with E-state index in [2.05, 4.69) is 57.2 Å². The van der Waals surface area contributed by atoms with Gasteiger partial charge in [-0.3, -0.25) is 14.4 Å². The first-order valence-corrected chi connectivity index (χ1v) is 37.5. The zero-order valence-electron chi connectivity index (χ0n) is 56.2. The molecule has 0 heterocycles. The molecule has 0 aromatic carbocycles. The molecule has 0 bridgehead atoms. The first kappa shape index (κ1) is 80.6. The summed E-state index contributed by atoms with van der Waals surface area (Å²) in [7, 11) is 0. The highest BCUT2D eigenvalue weighted by Crippen LogP contribution is 2.19. The van der Waals surface area contributed by atoms with Crippen LogP contribution < -0.4 is 0 Å². The van der Waals surface area contributed by atoms with Gasteiger partial charge in [-0.1, -0.05) is 359 Å². The fraction of sp³-hybridized carbons (Fsp3) is 0.883. The molecule has 0 rings (SSSR count). The quantitative estimate of drug-likeness (QED) is 0.0261. The molecule has 0 saturated heterocycles. The minimum atomic E-state index is -0.770. The number of hydrogen-bond donors (Lipinski definition) is 0. The van der Waals surface area contributed by atoms with Gasteiger partial charge in [0, 0.05) is 19.3 Å². The van der Waals surface area contributed by atoms with Gasteiger partial charge in [-0.25, -0.2) is 0 Å². The molecule has 0 spiro atoms. The Hall–Kier alpha value is -2.37. The average molecular weight is 1170 g/mol. The summed E-state index contributed by atoms with van der Waals surface area (Å²) in [6.07, 6.45) is 90.5. The molecule has 1 atom stereocenters. The highest BCUT2D eigenvalue weighted by atomic mass is 16.6. The van der Waals surface area contributed by atoms with Crippen LogP contribution in [0.2, 0.25) is 0 Å². The fourth-order valence-electron chi connectivity index (χ4n) is 11.5.